The quantitative estimate of drug-likeness (QED) is 0.761. The number of carbonyl (C=O) groups is 1. The van der Waals surface area contributed by atoms with Crippen LogP contribution in [0.25, 0.3) is 6.08 Å². The Kier molecular flexibility index (Phi) is 3.39. The van der Waals surface area contributed by atoms with E-state index in [9.17, 15) is 4.79 Å². The van der Waals surface area contributed by atoms with Crippen LogP contribution in [0.4, 0.5) is 0 Å². The Morgan fingerprint density at radius 2 is 2.50 bits per heavy atom. The van der Waals surface area contributed by atoms with Crippen molar-refractivity contribution in [1.82, 2.24) is 4.98 Å². The first kappa shape index (κ1) is 9.93. The number of primary amides is 1. The minimum atomic E-state index is -0.407. The zero-order chi connectivity index (χ0) is 10.4. The van der Waals surface area contributed by atoms with Crippen LogP contribution in [-0.4, -0.2) is 10.9 Å². The Morgan fingerprint density at radius 1 is 1.71 bits per heavy atom. The number of hydrogen-bond acceptors (Lipinski definition) is 3. The van der Waals surface area contributed by atoms with Crippen molar-refractivity contribution < 1.29 is 4.79 Å². The maximum Gasteiger partial charge on any atom is 0.221 e. The highest BCUT2D eigenvalue weighted by atomic mass is 16.1. The first-order chi connectivity index (χ1) is 6.74. The molecule has 0 fully saturated rings. The fourth-order valence-electron chi connectivity index (χ4n) is 0.932. The van der Waals surface area contributed by atoms with Crippen LogP contribution in [0.2, 0.25) is 0 Å². The molecule has 0 radical (unpaired) electrons. The highest BCUT2D eigenvalue weighted by Crippen LogP contribution is 2.05. The molecule has 0 spiro atoms. The van der Waals surface area contributed by atoms with Gasteiger partial charge in [0, 0.05) is 12.6 Å². The van der Waals surface area contributed by atoms with Gasteiger partial charge in [0.2, 0.25) is 5.91 Å². The summed E-state index contributed by atoms with van der Waals surface area (Å²) in [6, 6.07) is 5.35. The first-order valence-corrected chi connectivity index (χ1v) is 4.04. The normalized spacial score (nSPS) is 9.93. The number of aromatic nitrogens is 1. The second-order valence-electron chi connectivity index (χ2n) is 2.62. The standard InChI is InChI=1S/C10H9N3O/c11-7-8-3-2-6-13-9(8)4-1-5-10(12)14/h1-4,6H,5H2,(H2,12,14). The third-order valence-electron chi connectivity index (χ3n) is 1.55. The number of hydrogen-bond donors (Lipinski definition) is 1. The van der Waals surface area contributed by atoms with E-state index in [-0.39, 0.29) is 6.42 Å². The molecule has 1 aromatic rings. The van der Waals surface area contributed by atoms with E-state index in [1.54, 1.807) is 30.5 Å². The van der Waals surface area contributed by atoms with Crippen molar-refractivity contribution in [2.45, 2.75) is 6.42 Å². The van der Waals surface area contributed by atoms with Crippen LogP contribution >= 0.6 is 0 Å². The molecule has 0 bridgehead atoms. The van der Waals surface area contributed by atoms with Crippen LogP contribution in [0.1, 0.15) is 17.7 Å². The second kappa shape index (κ2) is 4.77. The van der Waals surface area contributed by atoms with Gasteiger partial charge < -0.3 is 5.73 Å². The smallest absolute Gasteiger partial charge is 0.221 e. The van der Waals surface area contributed by atoms with Crippen LogP contribution in [0.5, 0.6) is 0 Å². The van der Waals surface area contributed by atoms with Crippen molar-refractivity contribution in [2.75, 3.05) is 0 Å². The second-order valence-corrected chi connectivity index (χ2v) is 2.62. The van der Waals surface area contributed by atoms with E-state index in [1.165, 1.54) is 0 Å². The molecule has 0 atom stereocenters. The molecule has 0 unspecified atom stereocenters. The molecule has 0 aromatic carbocycles. The number of nitrogens with zero attached hydrogens (tertiary/aromatic N) is 2. The molecule has 0 aliphatic rings. The van der Waals surface area contributed by atoms with Crippen LogP contribution < -0.4 is 5.73 Å². The molecule has 0 saturated carbocycles. The molecule has 1 amide bonds. The molecule has 1 rings (SSSR count). The lowest BCUT2D eigenvalue weighted by atomic mass is 10.2. The molecule has 1 heterocycles. The van der Waals surface area contributed by atoms with Gasteiger partial charge in [-0.1, -0.05) is 6.08 Å². The average Bonchev–Trinajstić information content (AvgIpc) is 2.18. The van der Waals surface area contributed by atoms with Gasteiger partial charge in [0.15, 0.2) is 0 Å². The largest absolute Gasteiger partial charge is 0.369 e. The lowest BCUT2D eigenvalue weighted by Crippen LogP contribution is -2.07. The minimum absolute atomic E-state index is 0.154. The molecule has 70 valence electrons. The third kappa shape index (κ3) is 2.72. The minimum Gasteiger partial charge on any atom is -0.369 e. The number of nitrogens with two attached hydrogens (primary N) is 1. The van der Waals surface area contributed by atoms with E-state index in [0.29, 0.717) is 11.3 Å². The van der Waals surface area contributed by atoms with Crippen molar-refractivity contribution in [3.63, 3.8) is 0 Å². The molecule has 14 heavy (non-hydrogen) atoms. The summed E-state index contributed by atoms with van der Waals surface area (Å²) in [6.45, 7) is 0. The highest BCUT2D eigenvalue weighted by molar-refractivity contribution is 5.76. The van der Waals surface area contributed by atoms with Crippen molar-refractivity contribution in [3.8, 4) is 6.07 Å². The Morgan fingerprint density at radius 3 is 3.14 bits per heavy atom. The molecular weight excluding hydrogens is 178 g/mol. The number of amides is 1. The van der Waals surface area contributed by atoms with Gasteiger partial charge in [0.05, 0.1) is 11.3 Å². The Hall–Kier alpha value is -2.15. The predicted molar refractivity (Wildman–Crippen MR) is 51.8 cm³/mol. The molecule has 0 aliphatic carbocycles. The van der Waals surface area contributed by atoms with Gasteiger partial charge in [-0.2, -0.15) is 5.26 Å². The maximum absolute atomic E-state index is 10.4. The summed E-state index contributed by atoms with van der Waals surface area (Å²) in [5.74, 6) is -0.407. The van der Waals surface area contributed by atoms with Crippen molar-refractivity contribution >= 4 is 12.0 Å². The number of rotatable bonds is 3. The average molecular weight is 187 g/mol. The third-order valence-corrected chi connectivity index (χ3v) is 1.55. The molecule has 1 aromatic heterocycles. The van der Waals surface area contributed by atoms with Crippen molar-refractivity contribution in [3.05, 3.63) is 35.7 Å². The van der Waals surface area contributed by atoms with Gasteiger partial charge in [0.25, 0.3) is 0 Å². The van der Waals surface area contributed by atoms with Crippen LogP contribution in [-0.2, 0) is 4.79 Å². The first-order valence-electron chi connectivity index (χ1n) is 4.04. The fourth-order valence-corrected chi connectivity index (χ4v) is 0.932. The molecule has 4 heteroatoms. The summed E-state index contributed by atoms with van der Waals surface area (Å²) in [7, 11) is 0. The molecule has 4 nitrogen and oxygen atoms in total. The summed E-state index contributed by atoms with van der Waals surface area (Å²) in [5, 5.41) is 8.71. The summed E-state index contributed by atoms with van der Waals surface area (Å²) >= 11 is 0. The topological polar surface area (TPSA) is 79.8 Å². The number of pyridine rings is 1. The summed E-state index contributed by atoms with van der Waals surface area (Å²) < 4.78 is 0. The zero-order valence-electron chi connectivity index (χ0n) is 7.47. The van der Waals surface area contributed by atoms with Gasteiger partial charge in [-0.05, 0) is 18.2 Å². The van der Waals surface area contributed by atoms with Crippen LogP contribution in [0, 0.1) is 11.3 Å². The van der Waals surface area contributed by atoms with E-state index in [0.717, 1.165) is 0 Å². The Balaban J connectivity index is 2.81. The maximum atomic E-state index is 10.4. The SMILES string of the molecule is N#Cc1cccnc1C=CCC(N)=O. The molecule has 0 saturated heterocycles. The Labute approximate surface area is 81.7 Å². The van der Waals surface area contributed by atoms with Gasteiger partial charge >= 0.3 is 0 Å². The van der Waals surface area contributed by atoms with E-state index < -0.39 is 5.91 Å². The molecule has 2 N–H and O–H groups in total. The highest BCUT2D eigenvalue weighted by Gasteiger charge is 1.97. The van der Waals surface area contributed by atoms with Crippen molar-refractivity contribution in [1.29, 1.82) is 5.26 Å². The van der Waals surface area contributed by atoms with Gasteiger partial charge in [-0.25, -0.2) is 0 Å². The summed E-state index contributed by atoms with van der Waals surface area (Å²) in [5.41, 5.74) is 5.98. The van der Waals surface area contributed by atoms with Crippen LogP contribution in [0.15, 0.2) is 24.4 Å². The van der Waals surface area contributed by atoms with Gasteiger partial charge in [-0.15, -0.1) is 0 Å². The predicted octanol–water partition coefficient (Wildman–Crippen LogP) is 0.842. The molecular formula is C10H9N3O. The van der Waals surface area contributed by atoms with E-state index >= 15 is 0 Å². The van der Waals surface area contributed by atoms with E-state index in [2.05, 4.69) is 4.98 Å². The van der Waals surface area contributed by atoms with Gasteiger partial charge in [0.1, 0.15) is 6.07 Å². The van der Waals surface area contributed by atoms with Crippen molar-refractivity contribution in [2.24, 2.45) is 5.73 Å². The summed E-state index contributed by atoms with van der Waals surface area (Å²) in [4.78, 5) is 14.4. The van der Waals surface area contributed by atoms with E-state index in [4.69, 9.17) is 11.0 Å². The lowest BCUT2D eigenvalue weighted by Gasteiger charge is -1.94. The Bertz CT molecular complexity index is 404. The number of carbonyl (C=O) groups excluding carboxylic acids is 1. The zero-order valence-corrected chi connectivity index (χ0v) is 7.47. The van der Waals surface area contributed by atoms with Gasteiger partial charge in [-0.3, -0.25) is 9.78 Å². The lowest BCUT2D eigenvalue weighted by molar-refractivity contribution is -0.117. The van der Waals surface area contributed by atoms with Crippen LogP contribution in [0.3, 0.4) is 0 Å². The number of nitriles is 1. The monoisotopic (exact) mass is 187 g/mol. The van der Waals surface area contributed by atoms with E-state index in [1.807, 2.05) is 6.07 Å². The summed E-state index contributed by atoms with van der Waals surface area (Å²) in [6.07, 6.45) is 4.95. The molecule has 0 aliphatic heterocycles. The fraction of sp³-hybridized carbons (Fsp3) is 0.100.